The molecule has 0 saturated heterocycles. The van der Waals surface area contributed by atoms with Crippen molar-refractivity contribution in [2.45, 2.75) is 13.8 Å². The summed E-state index contributed by atoms with van der Waals surface area (Å²) in [6.45, 7) is 3.78. The molecular weight excluding hydrogens is 380 g/mol. The van der Waals surface area contributed by atoms with Crippen molar-refractivity contribution in [3.05, 3.63) is 83.8 Å². The number of para-hydroxylation sites is 1. The lowest BCUT2D eigenvalue weighted by Crippen LogP contribution is -2.19. The summed E-state index contributed by atoms with van der Waals surface area (Å²) < 4.78 is 1.63. The molecule has 2 aromatic carbocycles. The molecule has 150 valence electrons. The third kappa shape index (κ3) is 4.12. The molecule has 0 spiro atoms. The predicted octanol–water partition coefficient (Wildman–Crippen LogP) is 4.24. The zero-order valence-electron chi connectivity index (χ0n) is 16.5. The molecule has 0 aliphatic rings. The second kappa shape index (κ2) is 8.04. The molecule has 0 saturated carbocycles. The molecule has 2 aromatic heterocycles. The van der Waals surface area contributed by atoms with Gasteiger partial charge in [0.05, 0.1) is 6.20 Å². The standard InChI is InChI=1S/C22H20N6O2/c1-14-11-15(2)28-20(24-14)19(13-23-28)21(29)25-17-9-6-10-18(12-17)27-22(30)26-16-7-4-3-5-8-16/h3-13H,1-2H3,(H,25,29)(H2,26,27,30). The van der Waals surface area contributed by atoms with Crippen LogP contribution < -0.4 is 16.0 Å². The lowest BCUT2D eigenvalue weighted by molar-refractivity contribution is 0.102. The van der Waals surface area contributed by atoms with Gasteiger partial charge in [-0.2, -0.15) is 5.10 Å². The van der Waals surface area contributed by atoms with Gasteiger partial charge in [-0.25, -0.2) is 14.3 Å². The van der Waals surface area contributed by atoms with Crippen molar-refractivity contribution in [2.75, 3.05) is 16.0 Å². The number of hydrogen-bond acceptors (Lipinski definition) is 4. The summed E-state index contributed by atoms with van der Waals surface area (Å²) in [6, 6.07) is 17.6. The number of carbonyl (C=O) groups excluding carboxylic acids is 2. The first-order valence-corrected chi connectivity index (χ1v) is 9.36. The van der Waals surface area contributed by atoms with Gasteiger partial charge in [-0.15, -0.1) is 0 Å². The van der Waals surface area contributed by atoms with E-state index in [4.69, 9.17) is 0 Å². The largest absolute Gasteiger partial charge is 0.323 e. The fourth-order valence-corrected chi connectivity index (χ4v) is 3.12. The zero-order valence-corrected chi connectivity index (χ0v) is 16.5. The van der Waals surface area contributed by atoms with Crippen molar-refractivity contribution in [1.82, 2.24) is 14.6 Å². The van der Waals surface area contributed by atoms with E-state index in [9.17, 15) is 9.59 Å². The first-order chi connectivity index (χ1) is 14.5. The lowest BCUT2D eigenvalue weighted by Gasteiger charge is -2.10. The summed E-state index contributed by atoms with van der Waals surface area (Å²) in [7, 11) is 0. The van der Waals surface area contributed by atoms with Crippen LogP contribution in [-0.4, -0.2) is 26.5 Å². The van der Waals surface area contributed by atoms with Gasteiger partial charge < -0.3 is 16.0 Å². The smallest absolute Gasteiger partial charge is 0.322 e. The molecule has 4 aromatic rings. The first-order valence-electron chi connectivity index (χ1n) is 9.36. The molecular formula is C22H20N6O2. The van der Waals surface area contributed by atoms with Crippen LogP contribution in [0.25, 0.3) is 5.65 Å². The van der Waals surface area contributed by atoms with E-state index in [0.29, 0.717) is 28.3 Å². The maximum atomic E-state index is 12.8. The number of carbonyl (C=O) groups is 2. The summed E-state index contributed by atoms with van der Waals surface area (Å²) in [5, 5.41) is 12.6. The number of aryl methyl sites for hydroxylation is 2. The second-order valence-electron chi connectivity index (χ2n) is 6.81. The number of fused-ring (bicyclic) bond motifs is 1. The average Bonchev–Trinajstić information content (AvgIpc) is 3.13. The lowest BCUT2D eigenvalue weighted by atomic mass is 10.2. The molecule has 0 aliphatic heterocycles. The van der Waals surface area contributed by atoms with Crippen LogP contribution in [0.15, 0.2) is 66.9 Å². The number of anilines is 3. The molecule has 2 heterocycles. The minimum atomic E-state index is -0.373. The van der Waals surface area contributed by atoms with Gasteiger partial charge in [0, 0.05) is 28.5 Å². The number of urea groups is 1. The quantitative estimate of drug-likeness (QED) is 0.477. The number of benzene rings is 2. The highest BCUT2D eigenvalue weighted by Gasteiger charge is 2.16. The van der Waals surface area contributed by atoms with Crippen LogP contribution >= 0.6 is 0 Å². The third-order valence-electron chi connectivity index (χ3n) is 4.43. The van der Waals surface area contributed by atoms with Crippen LogP contribution in [0.4, 0.5) is 21.9 Å². The number of aromatic nitrogens is 3. The molecule has 0 unspecified atom stereocenters. The average molecular weight is 400 g/mol. The van der Waals surface area contributed by atoms with E-state index >= 15 is 0 Å². The number of hydrogen-bond donors (Lipinski definition) is 3. The number of rotatable bonds is 4. The van der Waals surface area contributed by atoms with E-state index in [0.717, 1.165) is 11.4 Å². The molecule has 0 fully saturated rings. The monoisotopic (exact) mass is 400 g/mol. The van der Waals surface area contributed by atoms with Crippen molar-refractivity contribution in [1.29, 1.82) is 0 Å². The minimum Gasteiger partial charge on any atom is -0.322 e. The summed E-state index contributed by atoms with van der Waals surface area (Å²) >= 11 is 0. The molecule has 0 bridgehead atoms. The van der Waals surface area contributed by atoms with E-state index < -0.39 is 0 Å². The van der Waals surface area contributed by atoms with E-state index in [1.54, 1.807) is 40.9 Å². The Morgan fingerprint density at radius 3 is 2.27 bits per heavy atom. The predicted molar refractivity (Wildman–Crippen MR) is 116 cm³/mol. The van der Waals surface area contributed by atoms with Crippen LogP contribution in [0.5, 0.6) is 0 Å². The Balaban J connectivity index is 1.48. The molecule has 8 heteroatoms. The van der Waals surface area contributed by atoms with Gasteiger partial charge in [0.2, 0.25) is 0 Å². The number of nitrogens with one attached hydrogen (secondary N) is 3. The van der Waals surface area contributed by atoms with E-state index in [2.05, 4.69) is 26.0 Å². The van der Waals surface area contributed by atoms with Crippen molar-refractivity contribution in [3.63, 3.8) is 0 Å². The zero-order chi connectivity index (χ0) is 21.1. The fourth-order valence-electron chi connectivity index (χ4n) is 3.12. The Kier molecular flexibility index (Phi) is 5.13. The van der Waals surface area contributed by atoms with Crippen LogP contribution in [-0.2, 0) is 0 Å². The van der Waals surface area contributed by atoms with Crippen LogP contribution in [0, 0.1) is 13.8 Å². The van der Waals surface area contributed by atoms with E-state index in [1.807, 2.05) is 38.1 Å². The minimum absolute atomic E-state index is 0.326. The fraction of sp³-hybridized carbons (Fsp3) is 0.0909. The van der Waals surface area contributed by atoms with Crippen LogP contribution in [0.3, 0.4) is 0 Å². The molecule has 0 radical (unpaired) electrons. The Labute approximate surface area is 173 Å². The normalized spacial score (nSPS) is 10.6. The summed E-state index contributed by atoms with van der Waals surface area (Å²) in [6.07, 6.45) is 1.50. The maximum absolute atomic E-state index is 12.8. The highest BCUT2D eigenvalue weighted by molar-refractivity contribution is 6.08. The van der Waals surface area contributed by atoms with Gasteiger partial charge in [-0.1, -0.05) is 24.3 Å². The van der Waals surface area contributed by atoms with Crippen LogP contribution in [0.1, 0.15) is 21.7 Å². The Bertz CT molecular complexity index is 1230. The van der Waals surface area contributed by atoms with Crippen molar-refractivity contribution in [3.8, 4) is 0 Å². The summed E-state index contributed by atoms with van der Waals surface area (Å²) in [4.78, 5) is 29.4. The van der Waals surface area contributed by atoms with Gasteiger partial charge in [0.25, 0.3) is 5.91 Å². The maximum Gasteiger partial charge on any atom is 0.323 e. The molecule has 0 atom stereocenters. The summed E-state index contributed by atoms with van der Waals surface area (Å²) in [5.74, 6) is -0.326. The van der Waals surface area contributed by atoms with Gasteiger partial charge in [-0.3, -0.25) is 4.79 Å². The Morgan fingerprint density at radius 2 is 1.50 bits per heavy atom. The molecule has 0 aliphatic carbocycles. The Hall–Kier alpha value is -4.20. The highest BCUT2D eigenvalue weighted by Crippen LogP contribution is 2.18. The van der Waals surface area contributed by atoms with Gasteiger partial charge in [0.1, 0.15) is 5.56 Å². The topological polar surface area (TPSA) is 100 Å². The van der Waals surface area contributed by atoms with Crippen LogP contribution in [0.2, 0.25) is 0 Å². The first kappa shape index (κ1) is 19.1. The number of nitrogens with zero attached hydrogens (tertiary/aromatic N) is 3. The summed E-state index contributed by atoms with van der Waals surface area (Å²) in [5.41, 5.74) is 4.36. The van der Waals surface area contributed by atoms with Gasteiger partial charge >= 0.3 is 6.03 Å². The third-order valence-corrected chi connectivity index (χ3v) is 4.43. The molecule has 8 nitrogen and oxygen atoms in total. The van der Waals surface area contributed by atoms with Crippen molar-refractivity contribution >= 4 is 34.6 Å². The van der Waals surface area contributed by atoms with Crippen molar-refractivity contribution in [2.24, 2.45) is 0 Å². The van der Waals surface area contributed by atoms with E-state index in [1.165, 1.54) is 6.20 Å². The highest BCUT2D eigenvalue weighted by atomic mass is 16.2. The molecule has 4 rings (SSSR count). The van der Waals surface area contributed by atoms with Gasteiger partial charge in [0.15, 0.2) is 5.65 Å². The van der Waals surface area contributed by atoms with E-state index in [-0.39, 0.29) is 11.9 Å². The number of amides is 3. The molecule has 3 amide bonds. The molecule has 3 N–H and O–H groups in total. The van der Waals surface area contributed by atoms with Crippen molar-refractivity contribution < 1.29 is 9.59 Å². The second-order valence-corrected chi connectivity index (χ2v) is 6.81. The SMILES string of the molecule is Cc1cc(C)n2ncc(C(=O)Nc3cccc(NC(=O)Nc4ccccc4)c3)c2n1. The molecule has 30 heavy (non-hydrogen) atoms. The Morgan fingerprint density at radius 1 is 0.833 bits per heavy atom. The van der Waals surface area contributed by atoms with Gasteiger partial charge in [-0.05, 0) is 50.2 Å².